The first-order valence-electron chi connectivity index (χ1n) is 4.49. The van der Waals surface area contributed by atoms with Crippen molar-refractivity contribution in [3.8, 4) is 0 Å². The Morgan fingerprint density at radius 2 is 2.31 bits per heavy atom. The summed E-state index contributed by atoms with van der Waals surface area (Å²) in [5.41, 5.74) is 1.11. The molecule has 0 heterocycles. The highest BCUT2D eigenvalue weighted by atomic mass is 32.2. The van der Waals surface area contributed by atoms with E-state index in [4.69, 9.17) is 4.18 Å². The van der Waals surface area contributed by atoms with Crippen LogP contribution in [-0.2, 0) is 14.3 Å². The first-order valence-corrected chi connectivity index (χ1v) is 6.31. The molecule has 13 heavy (non-hydrogen) atoms. The predicted molar refractivity (Wildman–Crippen MR) is 51.9 cm³/mol. The third-order valence-corrected chi connectivity index (χ3v) is 2.77. The van der Waals surface area contributed by atoms with E-state index in [1.54, 1.807) is 0 Å². The van der Waals surface area contributed by atoms with Gasteiger partial charge in [-0.2, -0.15) is 8.42 Å². The van der Waals surface area contributed by atoms with Gasteiger partial charge in [-0.25, -0.2) is 0 Å². The van der Waals surface area contributed by atoms with E-state index in [1.165, 1.54) is 0 Å². The van der Waals surface area contributed by atoms with Crippen LogP contribution in [0.4, 0.5) is 0 Å². The molecule has 1 unspecified atom stereocenters. The van der Waals surface area contributed by atoms with Gasteiger partial charge in [0.25, 0.3) is 10.1 Å². The Morgan fingerprint density at radius 3 is 2.77 bits per heavy atom. The summed E-state index contributed by atoms with van der Waals surface area (Å²) in [7, 11) is -3.28. The minimum Gasteiger partial charge on any atom is -0.266 e. The fourth-order valence-electron chi connectivity index (χ4n) is 1.33. The van der Waals surface area contributed by atoms with Crippen LogP contribution >= 0.6 is 0 Å². The van der Waals surface area contributed by atoms with Crippen molar-refractivity contribution < 1.29 is 12.6 Å². The summed E-state index contributed by atoms with van der Waals surface area (Å²) in [6, 6.07) is 0. The second kappa shape index (κ2) is 4.24. The van der Waals surface area contributed by atoms with Gasteiger partial charge in [0, 0.05) is 0 Å². The van der Waals surface area contributed by atoms with E-state index in [1.807, 2.05) is 0 Å². The van der Waals surface area contributed by atoms with Gasteiger partial charge in [-0.05, 0) is 30.8 Å². The number of hydrogen-bond donors (Lipinski definition) is 0. The zero-order valence-electron chi connectivity index (χ0n) is 8.12. The molecule has 0 aliphatic heterocycles. The minimum absolute atomic E-state index is 0.242. The predicted octanol–water partition coefficient (Wildman–Crippen LogP) is 1.71. The molecule has 1 rings (SSSR count). The topological polar surface area (TPSA) is 43.4 Å². The van der Waals surface area contributed by atoms with Gasteiger partial charge in [-0.1, -0.05) is 13.0 Å². The number of hydrogen-bond acceptors (Lipinski definition) is 3. The van der Waals surface area contributed by atoms with E-state index in [2.05, 4.69) is 13.0 Å². The van der Waals surface area contributed by atoms with Crippen LogP contribution in [0.15, 0.2) is 11.6 Å². The van der Waals surface area contributed by atoms with Gasteiger partial charge in [0.2, 0.25) is 0 Å². The molecule has 0 aromatic carbocycles. The highest BCUT2D eigenvalue weighted by Crippen LogP contribution is 2.22. The van der Waals surface area contributed by atoms with Crippen LogP contribution in [0.1, 0.15) is 26.2 Å². The molecule has 0 radical (unpaired) electrons. The minimum atomic E-state index is -3.28. The lowest BCUT2D eigenvalue weighted by Gasteiger charge is -2.17. The first-order chi connectivity index (χ1) is 5.97. The monoisotopic (exact) mass is 204 g/mol. The van der Waals surface area contributed by atoms with Gasteiger partial charge in [0.1, 0.15) is 0 Å². The summed E-state index contributed by atoms with van der Waals surface area (Å²) in [6.07, 6.45) is 6.33. The molecular weight excluding hydrogens is 188 g/mol. The second-order valence-electron chi connectivity index (χ2n) is 3.71. The van der Waals surface area contributed by atoms with Crippen LogP contribution in [0.25, 0.3) is 0 Å². The summed E-state index contributed by atoms with van der Waals surface area (Å²) in [6.45, 7) is 2.44. The quantitative estimate of drug-likeness (QED) is 0.519. The third-order valence-electron chi connectivity index (χ3n) is 2.23. The molecule has 0 aromatic rings. The molecule has 4 heteroatoms. The van der Waals surface area contributed by atoms with Gasteiger partial charge >= 0.3 is 0 Å². The first kappa shape index (κ1) is 10.7. The van der Waals surface area contributed by atoms with Gasteiger partial charge in [-0.15, -0.1) is 0 Å². The van der Waals surface area contributed by atoms with E-state index in [0.717, 1.165) is 37.0 Å². The molecule has 0 amide bonds. The smallest absolute Gasteiger partial charge is 0.264 e. The molecule has 0 aromatic heterocycles. The molecule has 3 nitrogen and oxygen atoms in total. The van der Waals surface area contributed by atoms with Crippen molar-refractivity contribution in [1.82, 2.24) is 0 Å². The summed E-state index contributed by atoms with van der Waals surface area (Å²) in [5.74, 6) is 0.724. The Morgan fingerprint density at radius 1 is 1.62 bits per heavy atom. The van der Waals surface area contributed by atoms with Crippen molar-refractivity contribution >= 4 is 10.1 Å². The lowest BCUT2D eigenvalue weighted by molar-refractivity contribution is 0.340. The molecule has 0 N–H and O–H groups in total. The fourth-order valence-corrected chi connectivity index (χ4v) is 1.70. The summed E-state index contributed by atoms with van der Waals surface area (Å²) in [5, 5.41) is 0. The molecule has 0 saturated carbocycles. The Hall–Kier alpha value is -0.350. The molecule has 0 saturated heterocycles. The van der Waals surface area contributed by atoms with Gasteiger partial charge in [0.15, 0.2) is 0 Å². The van der Waals surface area contributed by atoms with Crippen LogP contribution < -0.4 is 0 Å². The Balaban J connectivity index is 2.39. The maximum Gasteiger partial charge on any atom is 0.264 e. The molecular formula is C9H16O3S. The van der Waals surface area contributed by atoms with Crippen molar-refractivity contribution in [2.75, 3.05) is 12.9 Å². The van der Waals surface area contributed by atoms with Crippen LogP contribution in [0.5, 0.6) is 0 Å². The second-order valence-corrected chi connectivity index (χ2v) is 5.35. The zero-order valence-corrected chi connectivity index (χ0v) is 8.93. The van der Waals surface area contributed by atoms with Crippen LogP contribution in [-0.4, -0.2) is 21.3 Å². The van der Waals surface area contributed by atoms with Crippen molar-refractivity contribution in [3.05, 3.63) is 11.6 Å². The molecule has 0 fully saturated rings. The molecule has 1 atom stereocenters. The molecule has 76 valence electrons. The van der Waals surface area contributed by atoms with Crippen molar-refractivity contribution in [1.29, 1.82) is 0 Å². The lowest BCUT2D eigenvalue weighted by Crippen LogP contribution is -2.10. The van der Waals surface area contributed by atoms with Gasteiger partial charge in [-0.3, -0.25) is 4.18 Å². The fraction of sp³-hybridized carbons (Fsp3) is 0.778. The van der Waals surface area contributed by atoms with Gasteiger partial charge < -0.3 is 0 Å². The average Bonchev–Trinajstić information content (AvgIpc) is 2.02. The largest absolute Gasteiger partial charge is 0.266 e. The molecule has 1 aliphatic carbocycles. The number of allylic oxidation sites excluding steroid dienone is 1. The number of rotatable bonds is 3. The van der Waals surface area contributed by atoms with Crippen LogP contribution in [0.2, 0.25) is 0 Å². The summed E-state index contributed by atoms with van der Waals surface area (Å²) >= 11 is 0. The van der Waals surface area contributed by atoms with Crippen molar-refractivity contribution in [2.45, 2.75) is 26.2 Å². The zero-order chi connectivity index (χ0) is 9.90. The van der Waals surface area contributed by atoms with E-state index in [9.17, 15) is 8.42 Å². The third kappa shape index (κ3) is 4.43. The van der Waals surface area contributed by atoms with E-state index in [0.29, 0.717) is 0 Å². The summed E-state index contributed by atoms with van der Waals surface area (Å²) < 4.78 is 26.1. The van der Waals surface area contributed by atoms with E-state index in [-0.39, 0.29) is 6.61 Å². The summed E-state index contributed by atoms with van der Waals surface area (Å²) in [4.78, 5) is 0. The van der Waals surface area contributed by atoms with Crippen LogP contribution in [0.3, 0.4) is 0 Å². The van der Waals surface area contributed by atoms with Crippen LogP contribution in [0, 0.1) is 5.92 Å². The highest BCUT2D eigenvalue weighted by molar-refractivity contribution is 7.85. The molecule has 0 spiro atoms. The lowest BCUT2D eigenvalue weighted by atomic mass is 9.91. The average molecular weight is 204 g/mol. The Labute approximate surface area is 79.9 Å². The Kier molecular flexibility index (Phi) is 3.50. The normalized spacial score (nSPS) is 24.2. The van der Waals surface area contributed by atoms with Gasteiger partial charge in [0.05, 0.1) is 12.9 Å². The molecule has 0 bridgehead atoms. The Bertz CT molecular complexity index is 290. The van der Waals surface area contributed by atoms with E-state index >= 15 is 0 Å². The van der Waals surface area contributed by atoms with Crippen molar-refractivity contribution in [2.24, 2.45) is 5.92 Å². The SMILES string of the molecule is CC1CC=C(COS(C)(=O)=O)CC1. The highest BCUT2D eigenvalue weighted by Gasteiger charge is 2.11. The standard InChI is InChI=1S/C9H16O3S/c1-8-3-5-9(6-4-8)7-12-13(2,10)11/h5,8H,3-4,6-7H2,1-2H3. The maximum absolute atomic E-state index is 10.7. The molecule has 1 aliphatic rings. The van der Waals surface area contributed by atoms with Crippen molar-refractivity contribution in [3.63, 3.8) is 0 Å². The maximum atomic E-state index is 10.7. The van der Waals surface area contributed by atoms with E-state index < -0.39 is 10.1 Å².